The summed E-state index contributed by atoms with van der Waals surface area (Å²) in [7, 11) is 0. The summed E-state index contributed by atoms with van der Waals surface area (Å²) in [4.78, 5) is 25.2. The SMILES string of the molecule is O=C(O)C1(CNc2ncc(Br)cc2[N+](=O)[O-])CC1. The van der Waals surface area contributed by atoms with E-state index in [2.05, 4.69) is 26.2 Å². The van der Waals surface area contributed by atoms with Crippen LogP contribution in [0.3, 0.4) is 0 Å². The van der Waals surface area contributed by atoms with E-state index in [1.165, 1.54) is 12.3 Å². The highest BCUT2D eigenvalue weighted by molar-refractivity contribution is 9.10. The van der Waals surface area contributed by atoms with E-state index in [1.807, 2.05) is 0 Å². The lowest BCUT2D eigenvalue weighted by atomic mass is 10.1. The Morgan fingerprint density at radius 2 is 2.33 bits per heavy atom. The standard InChI is InChI=1S/C10H10BrN3O4/c11-6-3-7(14(17)18)8(12-4-6)13-5-10(1-2-10)9(15)16/h3-4H,1-2,5H2,(H,12,13)(H,15,16). The Kier molecular flexibility index (Phi) is 3.20. The van der Waals surface area contributed by atoms with E-state index in [-0.39, 0.29) is 18.1 Å². The molecule has 1 aromatic rings. The number of pyridine rings is 1. The molecule has 0 bridgehead atoms. The third-order valence-corrected chi connectivity index (χ3v) is 3.37. The molecule has 2 N–H and O–H groups in total. The molecular formula is C10H10BrN3O4. The Balaban J connectivity index is 2.15. The predicted molar refractivity (Wildman–Crippen MR) is 66.4 cm³/mol. The molecule has 18 heavy (non-hydrogen) atoms. The number of rotatable bonds is 5. The summed E-state index contributed by atoms with van der Waals surface area (Å²) in [6.45, 7) is 0.151. The second-order valence-electron chi connectivity index (χ2n) is 4.22. The van der Waals surface area contributed by atoms with Crippen LogP contribution in [-0.2, 0) is 4.79 Å². The number of hydrogen-bond acceptors (Lipinski definition) is 5. The van der Waals surface area contributed by atoms with Crippen molar-refractivity contribution in [2.24, 2.45) is 5.41 Å². The Morgan fingerprint density at radius 3 is 2.83 bits per heavy atom. The van der Waals surface area contributed by atoms with Gasteiger partial charge in [-0.15, -0.1) is 0 Å². The molecule has 0 saturated heterocycles. The molecule has 1 heterocycles. The Hall–Kier alpha value is -1.70. The summed E-state index contributed by atoms with van der Waals surface area (Å²) in [6.07, 6.45) is 2.59. The fourth-order valence-corrected chi connectivity index (χ4v) is 1.89. The topological polar surface area (TPSA) is 105 Å². The minimum atomic E-state index is -0.880. The molecule has 96 valence electrons. The van der Waals surface area contributed by atoms with Crippen LogP contribution in [0.5, 0.6) is 0 Å². The van der Waals surface area contributed by atoms with Gasteiger partial charge in [-0.1, -0.05) is 0 Å². The van der Waals surface area contributed by atoms with Gasteiger partial charge in [0.05, 0.1) is 10.3 Å². The van der Waals surface area contributed by atoms with Gasteiger partial charge >= 0.3 is 11.7 Å². The normalized spacial score (nSPS) is 16.1. The molecule has 0 unspecified atom stereocenters. The van der Waals surface area contributed by atoms with Crippen LogP contribution in [0.2, 0.25) is 0 Å². The zero-order chi connectivity index (χ0) is 13.3. The highest BCUT2D eigenvalue weighted by Crippen LogP contribution is 2.46. The molecular weight excluding hydrogens is 306 g/mol. The first-order chi connectivity index (χ1) is 8.44. The second-order valence-corrected chi connectivity index (χ2v) is 5.13. The molecule has 0 radical (unpaired) electrons. The first-order valence-corrected chi connectivity index (χ1v) is 6.01. The van der Waals surface area contributed by atoms with E-state index in [4.69, 9.17) is 5.11 Å². The number of aliphatic carboxylic acids is 1. The van der Waals surface area contributed by atoms with E-state index in [9.17, 15) is 14.9 Å². The number of nitrogens with one attached hydrogen (secondary N) is 1. The summed E-state index contributed by atoms with van der Waals surface area (Å²) in [5.41, 5.74) is -0.964. The van der Waals surface area contributed by atoms with Crippen LogP contribution in [0.1, 0.15) is 12.8 Å². The Labute approximate surface area is 110 Å². The lowest BCUT2D eigenvalue weighted by Crippen LogP contribution is -2.24. The smallest absolute Gasteiger partial charge is 0.312 e. The van der Waals surface area contributed by atoms with Crippen LogP contribution in [-0.4, -0.2) is 27.5 Å². The largest absolute Gasteiger partial charge is 0.481 e. The second kappa shape index (κ2) is 4.52. The van der Waals surface area contributed by atoms with Crippen molar-refractivity contribution in [2.75, 3.05) is 11.9 Å². The Morgan fingerprint density at radius 1 is 1.67 bits per heavy atom. The number of anilines is 1. The van der Waals surface area contributed by atoms with Crippen molar-refractivity contribution in [1.29, 1.82) is 0 Å². The molecule has 0 spiro atoms. The maximum absolute atomic E-state index is 11.0. The maximum atomic E-state index is 11.0. The molecule has 0 aliphatic heterocycles. The van der Waals surface area contributed by atoms with Gasteiger partial charge < -0.3 is 10.4 Å². The summed E-state index contributed by atoms with van der Waals surface area (Å²) >= 11 is 3.10. The zero-order valence-corrected chi connectivity index (χ0v) is 10.8. The molecule has 1 aliphatic carbocycles. The molecule has 1 aliphatic rings. The van der Waals surface area contributed by atoms with Crippen LogP contribution in [0.15, 0.2) is 16.7 Å². The number of hydrogen-bond donors (Lipinski definition) is 2. The lowest BCUT2D eigenvalue weighted by Gasteiger charge is -2.11. The number of carboxylic acids is 1. The number of aromatic nitrogens is 1. The van der Waals surface area contributed by atoms with Gasteiger partial charge in [0.25, 0.3) is 0 Å². The van der Waals surface area contributed by atoms with Gasteiger partial charge in [-0.25, -0.2) is 4.98 Å². The van der Waals surface area contributed by atoms with Gasteiger partial charge in [-0.2, -0.15) is 0 Å². The van der Waals surface area contributed by atoms with Crippen LogP contribution >= 0.6 is 15.9 Å². The van der Waals surface area contributed by atoms with Crippen molar-refractivity contribution in [3.8, 4) is 0 Å². The average Bonchev–Trinajstić information content (AvgIpc) is 3.08. The van der Waals surface area contributed by atoms with Crippen molar-refractivity contribution < 1.29 is 14.8 Å². The predicted octanol–water partition coefficient (Wildman–Crippen LogP) is 2.03. The van der Waals surface area contributed by atoms with Gasteiger partial charge in [0.2, 0.25) is 5.82 Å². The van der Waals surface area contributed by atoms with Crippen LogP contribution < -0.4 is 5.32 Å². The van der Waals surface area contributed by atoms with Gasteiger partial charge in [-0.3, -0.25) is 14.9 Å². The number of carbonyl (C=O) groups is 1. The van der Waals surface area contributed by atoms with Crippen molar-refractivity contribution >= 4 is 33.4 Å². The molecule has 1 fully saturated rings. The first-order valence-electron chi connectivity index (χ1n) is 5.22. The first kappa shape index (κ1) is 12.7. The van der Waals surface area contributed by atoms with Crippen molar-refractivity contribution in [3.05, 3.63) is 26.9 Å². The van der Waals surface area contributed by atoms with Gasteiger partial charge in [0.15, 0.2) is 0 Å². The number of nitrogens with zero attached hydrogens (tertiary/aromatic N) is 2. The summed E-state index contributed by atoms with van der Waals surface area (Å²) in [6, 6.07) is 1.33. The molecule has 2 rings (SSSR count). The molecule has 7 nitrogen and oxygen atoms in total. The van der Waals surface area contributed by atoms with Gasteiger partial charge in [0, 0.05) is 23.3 Å². The van der Waals surface area contributed by atoms with Crippen molar-refractivity contribution in [3.63, 3.8) is 0 Å². The fraction of sp³-hybridized carbons (Fsp3) is 0.400. The van der Waals surface area contributed by atoms with E-state index >= 15 is 0 Å². The van der Waals surface area contributed by atoms with Crippen molar-refractivity contribution in [2.45, 2.75) is 12.8 Å². The highest BCUT2D eigenvalue weighted by Gasteiger charge is 2.50. The number of carboxylic acid groups (broad SMARTS) is 1. The minimum Gasteiger partial charge on any atom is -0.481 e. The zero-order valence-electron chi connectivity index (χ0n) is 9.22. The Bertz CT molecular complexity index is 516. The fourth-order valence-electron chi connectivity index (χ4n) is 1.57. The molecule has 8 heteroatoms. The maximum Gasteiger partial charge on any atom is 0.312 e. The number of nitro groups is 1. The molecule has 0 aromatic carbocycles. The van der Waals surface area contributed by atoms with E-state index in [0.29, 0.717) is 17.3 Å². The number of halogens is 1. The quantitative estimate of drug-likeness (QED) is 0.636. The summed E-state index contributed by atoms with van der Waals surface area (Å²) in [5, 5.41) is 22.6. The van der Waals surface area contributed by atoms with E-state index in [0.717, 1.165) is 0 Å². The average molecular weight is 316 g/mol. The van der Waals surface area contributed by atoms with E-state index < -0.39 is 16.3 Å². The summed E-state index contributed by atoms with van der Waals surface area (Å²) in [5.74, 6) is -0.787. The summed E-state index contributed by atoms with van der Waals surface area (Å²) < 4.78 is 0.499. The molecule has 0 atom stereocenters. The molecule has 1 saturated carbocycles. The minimum absolute atomic E-state index is 0.0933. The van der Waals surface area contributed by atoms with Crippen LogP contribution in [0.25, 0.3) is 0 Å². The lowest BCUT2D eigenvalue weighted by molar-refractivity contribution is -0.384. The monoisotopic (exact) mass is 315 g/mol. The third-order valence-electron chi connectivity index (χ3n) is 2.93. The van der Waals surface area contributed by atoms with Gasteiger partial charge in [-0.05, 0) is 28.8 Å². The third kappa shape index (κ3) is 2.42. The van der Waals surface area contributed by atoms with Gasteiger partial charge in [0.1, 0.15) is 0 Å². The van der Waals surface area contributed by atoms with Crippen molar-refractivity contribution in [1.82, 2.24) is 4.98 Å². The van der Waals surface area contributed by atoms with E-state index in [1.54, 1.807) is 0 Å². The molecule has 0 amide bonds. The van der Waals surface area contributed by atoms with Crippen LogP contribution in [0, 0.1) is 15.5 Å². The van der Waals surface area contributed by atoms with Crippen LogP contribution in [0.4, 0.5) is 11.5 Å². The molecule has 1 aromatic heterocycles. The highest BCUT2D eigenvalue weighted by atomic mass is 79.9.